The van der Waals surface area contributed by atoms with Gasteiger partial charge in [0, 0.05) is 44.8 Å². The molecule has 8 heteroatoms. The quantitative estimate of drug-likeness (QED) is 0.303. The first-order chi connectivity index (χ1) is 11.2. The zero-order valence-corrected chi connectivity index (χ0v) is 18.9. The Labute approximate surface area is 168 Å². The summed E-state index contributed by atoms with van der Waals surface area (Å²) in [6, 6.07) is 0. The molecule has 1 fully saturated rings. The topological polar surface area (TPSA) is 67.6 Å². The highest BCUT2D eigenvalue weighted by Crippen LogP contribution is 2.46. The lowest BCUT2D eigenvalue weighted by Crippen LogP contribution is -2.72. The molecule has 25 heavy (non-hydrogen) atoms. The van der Waals surface area contributed by atoms with E-state index in [1.807, 2.05) is 18.5 Å². The molecule has 1 N–H and O–H groups in total. The van der Waals surface area contributed by atoms with Crippen LogP contribution in [0.5, 0.6) is 0 Å². The number of halogens is 1. The lowest BCUT2D eigenvalue weighted by molar-refractivity contribution is -0.0668. The predicted octanol–water partition coefficient (Wildman–Crippen LogP) is 2.34. The van der Waals surface area contributed by atoms with Gasteiger partial charge in [-0.3, -0.25) is 0 Å². The smallest absolute Gasteiger partial charge is 0.194 e. The van der Waals surface area contributed by atoms with Gasteiger partial charge in [-0.05, 0) is 27.2 Å². The van der Waals surface area contributed by atoms with Gasteiger partial charge in [-0.1, -0.05) is 13.8 Å². The van der Waals surface area contributed by atoms with Crippen molar-refractivity contribution < 1.29 is 4.74 Å². The Morgan fingerprint density at radius 3 is 2.44 bits per heavy atom. The third kappa shape index (κ3) is 4.64. The van der Waals surface area contributed by atoms with Gasteiger partial charge in [0.2, 0.25) is 0 Å². The molecule has 0 amide bonds. The molecule has 0 bridgehead atoms. The van der Waals surface area contributed by atoms with Crippen molar-refractivity contribution in [3.8, 4) is 0 Å². The lowest BCUT2D eigenvalue weighted by atomic mass is 9.65. The van der Waals surface area contributed by atoms with Crippen LogP contribution < -0.4 is 5.32 Å². The van der Waals surface area contributed by atoms with Crippen molar-refractivity contribution in [3.05, 3.63) is 11.6 Å². The number of aryl methyl sites for hydroxylation is 1. The minimum Gasteiger partial charge on any atom is -0.385 e. The molecular weight excluding hydrogens is 431 g/mol. The highest BCUT2D eigenvalue weighted by molar-refractivity contribution is 14.0. The number of guanidine groups is 1. The molecule has 7 nitrogen and oxygen atoms in total. The van der Waals surface area contributed by atoms with E-state index in [0.29, 0.717) is 6.54 Å². The van der Waals surface area contributed by atoms with Crippen LogP contribution in [-0.4, -0.2) is 58.0 Å². The monoisotopic (exact) mass is 464 g/mol. The fraction of sp³-hybridized carbons (Fsp3) is 0.824. The molecule has 1 aliphatic heterocycles. The second-order valence-corrected chi connectivity index (χ2v) is 7.66. The predicted molar refractivity (Wildman–Crippen MR) is 111 cm³/mol. The van der Waals surface area contributed by atoms with Gasteiger partial charge in [-0.15, -0.1) is 34.2 Å². The maximum Gasteiger partial charge on any atom is 0.194 e. The molecule has 2 heterocycles. The summed E-state index contributed by atoms with van der Waals surface area (Å²) in [5.41, 5.74) is 0.333. The van der Waals surface area contributed by atoms with Crippen molar-refractivity contribution in [1.82, 2.24) is 25.0 Å². The van der Waals surface area contributed by atoms with E-state index in [2.05, 4.69) is 48.1 Å². The highest BCUT2D eigenvalue weighted by Gasteiger charge is 2.53. The van der Waals surface area contributed by atoms with Gasteiger partial charge in [0.05, 0.1) is 0 Å². The number of hydrogen-bond donors (Lipinski definition) is 1. The third-order valence-corrected chi connectivity index (χ3v) is 5.50. The molecule has 1 aromatic heterocycles. The van der Waals surface area contributed by atoms with Gasteiger partial charge < -0.3 is 19.5 Å². The fourth-order valence-electron chi connectivity index (χ4n) is 2.79. The van der Waals surface area contributed by atoms with E-state index >= 15 is 0 Å². The molecular formula is C17H33IN6O. The van der Waals surface area contributed by atoms with Gasteiger partial charge in [0.1, 0.15) is 12.4 Å². The summed E-state index contributed by atoms with van der Waals surface area (Å²) in [6.45, 7) is 14.2. The summed E-state index contributed by atoms with van der Waals surface area (Å²) in [5.74, 6) is 2.72. The van der Waals surface area contributed by atoms with Crippen LogP contribution in [0.25, 0.3) is 0 Å². The summed E-state index contributed by atoms with van der Waals surface area (Å²) in [6.07, 6.45) is 0.955. The van der Waals surface area contributed by atoms with Crippen LogP contribution in [0.3, 0.4) is 0 Å². The molecule has 0 saturated carbocycles. The minimum atomic E-state index is 0. The van der Waals surface area contributed by atoms with E-state index in [1.165, 1.54) is 0 Å². The zero-order chi connectivity index (χ0) is 18.0. The first-order valence-electron chi connectivity index (χ1n) is 8.60. The Kier molecular flexibility index (Phi) is 7.67. The number of nitrogens with zero attached hydrogens (tertiary/aromatic N) is 5. The van der Waals surface area contributed by atoms with Gasteiger partial charge in [0.25, 0.3) is 0 Å². The molecule has 0 spiro atoms. The number of aromatic nitrogens is 3. The van der Waals surface area contributed by atoms with Crippen LogP contribution in [0, 0.1) is 12.3 Å². The number of likely N-dealkylation sites (tertiary alicyclic amines) is 1. The van der Waals surface area contributed by atoms with Crippen molar-refractivity contribution >= 4 is 29.9 Å². The Morgan fingerprint density at radius 1 is 1.28 bits per heavy atom. The number of methoxy groups -OCH3 is 1. The first-order valence-corrected chi connectivity index (χ1v) is 8.60. The van der Waals surface area contributed by atoms with Crippen LogP contribution in [0.4, 0.5) is 0 Å². The van der Waals surface area contributed by atoms with Crippen molar-refractivity contribution in [1.29, 1.82) is 0 Å². The van der Waals surface area contributed by atoms with Gasteiger partial charge in [-0.25, -0.2) is 4.99 Å². The second-order valence-electron chi connectivity index (χ2n) is 7.66. The summed E-state index contributed by atoms with van der Waals surface area (Å²) in [7, 11) is 3.70. The summed E-state index contributed by atoms with van der Waals surface area (Å²) >= 11 is 0. The van der Waals surface area contributed by atoms with Crippen molar-refractivity contribution in [3.63, 3.8) is 0 Å². The van der Waals surface area contributed by atoms with E-state index in [-0.39, 0.29) is 34.9 Å². The van der Waals surface area contributed by atoms with E-state index in [1.54, 1.807) is 7.11 Å². The van der Waals surface area contributed by atoms with Crippen LogP contribution in [0.15, 0.2) is 4.99 Å². The SMILES string of the molecule is COCCCNC(=NCc1nnc(C)n1C)N1CC(C)(C)C1(C)C.I. The van der Waals surface area contributed by atoms with Crippen LogP contribution >= 0.6 is 24.0 Å². The third-order valence-electron chi connectivity index (χ3n) is 5.50. The molecule has 1 aliphatic rings. The standard InChI is InChI=1S/C17H32N6O.HI/c1-13-20-21-14(22(13)6)11-19-15(18-9-8-10-24-7)23-12-16(2,3)17(23,4)5;/h8-12H2,1-7H3,(H,18,19);1H. The molecule has 0 aromatic carbocycles. The summed E-state index contributed by atoms with van der Waals surface area (Å²) < 4.78 is 7.11. The van der Waals surface area contributed by atoms with Gasteiger partial charge >= 0.3 is 0 Å². The number of nitrogens with one attached hydrogen (secondary N) is 1. The van der Waals surface area contributed by atoms with E-state index in [4.69, 9.17) is 9.73 Å². The molecule has 144 valence electrons. The summed E-state index contributed by atoms with van der Waals surface area (Å²) in [5, 5.41) is 11.8. The number of aliphatic imine (C=N–C) groups is 1. The maximum atomic E-state index is 5.13. The average Bonchev–Trinajstić information content (AvgIpc) is 2.84. The highest BCUT2D eigenvalue weighted by atomic mass is 127. The minimum absolute atomic E-state index is 0. The van der Waals surface area contributed by atoms with E-state index in [0.717, 1.165) is 43.7 Å². The molecule has 0 aliphatic carbocycles. The Morgan fingerprint density at radius 2 is 1.96 bits per heavy atom. The maximum absolute atomic E-state index is 5.13. The number of hydrogen-bond acceptors (Lipinski definition) is 4. The van der Waals surface area contributed by atoms with Crippen molar-refractivity contribution in [2.24, 2.45) is 17.5 Å². The number of rotatable bonds is 6. The fourth-order valence-corrected chi connectivity index (χ4v) is 2.79. The molecule has 0 unspecified atom stereocenters. The second kappa shape index (κ2) is 8.66. The molecule has 0 radical (unpaired) electrons. The van der Waals surface area contributed by atoms with Crippen LogP contribution in [0.1, 0.15) is 45.8 Å². The largest absolute Gasteiger partial charge is 0.385 e. The van der Waals surface area contributed by atoms with Crippen molar-refractivity contribution in [2.45, 2.75) is 53.1 Å². The molecule has 0 atom stereocenters. The van der Waals surface area contributed by atoms with Gasteiger partial charge in [0.15, 0.2) is 11.8 Å². The first kappa shape index (κ1) is 22.1. The average molecular weight is 464 g/mol. The zero-order valence-electron chi connectivity index (χ0n) is 16.6. The van der Waals surface area contributed by atoms with Crippen LogP contribution in [-0.2, 0) is 18.3 Å². The molecule has 1 saturated heterocycles. The molecule has 2 rings (SSSR count). The van der Waals surface area contributed by atoms with E-state index < -0.39 is 0 Å². The Balaban J connectivity index is 0.00000312. The lowest BCUT2D eigenvalue weighted by Gasteiger charge is -2.62. The van der Waals surface area contributed by atoms with Crippen molar-refractivity contribution in [2.75, 3.05) is 26.8 Å². The van der Waals surface area contributed by atoms with E-state index in [9.17, 15) is 0 Å². The molecule has 1 aromatic rings. The Hall–Kier alpha value is -0.900. The summed E-state index contributed by atoms with van der Waals surface area (Å²) in [4.78, 5) is 7.17. The normalized spacial score (nSPS) is 18.5. The number of ether oxygens (including phenoxy) is 1. The van der Waals surface area contributed by atoms with Crippen LogP contribution in [0.2, 0.25) is 0 Å². The van der Waals surface area contributed by atoms with Gasteiger partial charge in [-0.2, -0.15) is 0 Å². The Bertz CT molecular complexity index is 596.